The van der Waals surface area contributed by atoms with Crippen LogP contribution in [0.3, 0.4) is 0 Å². The van der Waals surface area contributed by atoms with Gasteiger partial charge < -0.3 is 4.74 Å². The molecule has 0 saturated carbocycles. The normalized spacial score (nSPS) is 6.93. The average molecular weight is 195 g/mol. The Bertz CT molecular complexity index is 271. The predicted octanol–water partition coefficient (Wildman–Crippen LogP) is 1.40. The van der Waals surface area contributed by atoms with E-state index < -0.39 is 5.97 Å². The fraction of sp³-hybridized carbons (Fsp3) is 0.300. The fourth-order valence-corrected chi connectivity index (χ4v) is 0.410. The molecule has 0 amide bonds. The summed E-state index contributed by atoms with van der Waals surface area (Å²) in [6.45, 7) is 11.0. The number of hydrogen-bond acceptors (Lipinski definition) is 4. The Hall–Kier alpha value is -1.89. The largest absolute Gasteiger partial charge is 0.460 e. The number of hydrogen-bond donors (Lipinski definition) is 0. The molecule has 0 aromatic heterocycles. The van der Waals surface area contributed by atoms with Gasteiger partial charge in [-0.25, -0.2) is 14.6 Å². The molecule has 0 aliphatic rings. The van der Waals surface area contributed by atoms with Gasteiger partial charge in [0.05, 0.1) is 12.1 Å². The third-order valence-electron chi connectivity index (χ3n) is 1.07. The smallest absolute Gasteiger partial charge is 0.341 e. The van der Waals surface area contributed by atoms with E-state index >= 15 is 0 Å². The van der Waals surface area contributed by atoms with Crippen LogP contribution in [0.2, 0.25) is 0 Å². The molecule has 0 aromatic rings. The molecular formula is C10H13NO3. The Morgan fingerprint density at radius 1 is 1.50 bits per heavy atom. The number of esters is 1. The van der Waals surface area contributed by atoms with Crippen LogP contribution in [0, 0.1) is 0 Å². The SMILES string of the molecule is C=C.C=C=C(C)C(=O)OCCN=C=O. The average Bonchev–Trinajstić information content (AvgIpc) is 2.25. The molecule has 0 aliphatic carbocycles. The van der Waals surface area contributed by atoms with Gasteiger partial charge in [0.25, 0.3) is 0 Å². The number of ether oxygens (including phenoxy) is 1. The van der Waals surface area contributed by atoms with E-state index in [0.717, 1.165) is 0 Å². The van der Waals surface area contributed by atoms with E-state index in [4.69, 9.17) is 0 Å². The molecule has 0 N–H and O–H groups in total. The molecule has 0 heterocycles. The van der Waals surface area contributed by atoms with Crippen molar-refractivity contribution in [1.29, 1.82) is 0 Å². The Labute approximate surface area is 83.3 Å². The van der Waals surface area contributed by atoms with Crippen LogP contribution in [-0.4, -0.2) is 25.2 Å². The molecular weight excluding hydrogens is 182 g/mol. The van der Waals surface area contributed by atoms with Gasteiger partial charge >= 0.3 is 5.97 Å². The number of carbonyl (C=O) groups excluding carboxylic acids is 2. The minimum atomic E-state index is -0.494. The molecule has 0 spiro atoms. The maximum Gasteiger partial charge on any atom is 0.341 e. The van der Waals surface area contributed by atoms with Crippen LogP contribution >= 0.6 is 0 Å². The van der Waals surface area contributed by atoms with E-state index in [-0.39, 0.29) is 13.2 Å². The van der Waals surface area contributed by atoms with Crippen LogP contribution in [0.15, 0.2) is 36.0 Å². The first-order valence-corrected chi connectivity index (χ1v) is 3.79. The number of rotatable bonds is 4. The van der Waals surface area contributed by atoms with Crippen molar-refractivity contribution in [2.24, 2.45) is 4.99 Å². The molecule has 0 unspecified atom stereocenters. The Morgan fingerprint density at radius 3 is 2.50 bits per heavy atom. The highest BCUT2D eigenvalue weighted by atomic mass is 16.5. The third-order valence-corrected chi connectivity index (χ3v) is 1.07. The maximum absolute atomic E-state index is 10.8. The van der Waals surface area contributed by atoms with E-state index in [1.807, 2.05) is 0 Å². The zero-order chi connectivity index (χ0) is 11.4. The Balaban J connectivity index is 0. The highest BCUT2D eigenvalue weighted by Crippen LogP contribution is 1.92. The molecule has 0 radical (unpaired) electrons. The van der Waals surface area contributed by atoms with Crippen LogP contribution in [0.5, 0.6) is 0 Å². The molecule has 0 saturated heterocycles. The second kappa shape index (κ2) is 11.1. The summed E-state index contributed by atoms with van der Waals surface area (Å²) in [6.07, 6.45) is 1.33. The summed E-state index contributed by atoms with van der Waals surface area (Å²) in [5, 5.41) is 0. The van der Waals surface area contributed by atoms with Crippen LogP contribution in [-0.2, 0) is 14.3 Å². The van der Waals surface area contributed by atoms with Crippen molar-refractivity contribution in [3.63, 3.8) is 0 Å². The third kappa shape index (κ3) is 8.21. The molecule has 4 nitrogen and oxygen atoms in total. The zero-order valence-electron chi connectivity index (χ0n) is 8.21. The first-order chi connectivity index (χ1) is 6.72. The van der Waals surface area contributed by atoms with Crippen molar-refractivity contribution in [2.45, 2.75) is 6.92 Å². The van der Waals surface area contributed by atoms with Crippen molar-refractivity contribution in [3.05, 3.63) is 31.0 Å². The summed E-state index contributed by atoms with van der Waals surface area (Å²) in [7, 11) is 0. The quantitative estimate of drug-likeness (QED) is 0.129. The molecule has 14 heavy (non-hydrogen) atoms. The molecule has 0 aliphatic heterocycles. The summed E-state index contributed by atoms with van der Waals surface area (Å²) in [6, 6.07) is 0. The molecule has 0 aromatic carbocycles. The number of nitrogens with zero attached hydrogens (tertiary/aromatic N) is 1. The van der Waals surface area contributed by atoms with Crippen molar-refractivity contribution in [1.82, 2.24) is 0 Å². The van der Waals surface area contributed by atoms with Gasteiger partial charge in [-0.2, -0.15) is 0 Å². The first kappa shape index (κ1) is 14.6. The lowest BCUT2D eigenvalue weighted by atomic mass is 10.3. The summed E-state index contributed by atoms with van der Waals surface area (Å²) < 4.78 is 4.65. The van der Waals surface area contributed by atoms with E-state index in [9.17, 15) is 9.59 Å². The summed E-state index contributed by atoms with van der Waals surface area (Å²) >= 11 is 0. The highest BCUT2D eigenvalue weighted by molar-refractivity contribution is 5.87. The second-order valence-corrected chi connectivity index (χ2v) is 1.91. The molecule has 0 fully saturated rings. The Morgan fingerprint density at radius 2 is 2.07 bits per heavy atom. The second-order valence-electron chi connectivity index (χ2n) is 1.91. The molecule has 76 valence electrons. The van der Waals surface area contributed by atoms with Crippen LogP contribution in [0.25, 0.3) is 0 Å². The maximum atomic E-state index is 10.8. The van der Waals surface area contributed by atoms with Crippen molar-refractivity contribution in [2.75, 3.05) is 13.2 Å². The summed E-state index contributed by atoms with van der Waals surface area (Å²) in [5.41, 5.74) is 2.70. The van der Waals surface area contributed by atoms with Gasteiger partial charge in [-0.3, -0.25) is 0 Å². The minimum Gasteiger partial charge on any atom is -0.460 e. The van der Waals surface area contributed by atoms with Crippen LogP contribution < -0.4 is 0 Å². The van der Waals surface area contributed by atoms with Gasteiger partial charge in [0.1, 0.15) is 6.61 Å². The minimum absolute atomic E-state index is 0.0765. The van der Waals surface area contributed by atoms with Crippen molar-refractivity contribution >= 4 is 12.0 Å². The van der Waals surface area contributed by atoms with E-state index in [2.05, 4.69) is 35.2 Å². The standard InChI is InChI=1S/C8H9NO3.C2H4/c1-3-7(2)8(11)12-5-4-9-6-10;1-2/h1,4-5H2,2H3;1-2H2. The van der Waals surface area contributed by atoms with E-state index in [1.165, 1.54) is 6.08 Å². The van der Waals surface area contributed by atoms with E-state index in [1.54, 1.807) is 6.92 Å². The number of aliphatic imine (C=N–C) groups is 1. The Kier molecular flexibility index (Phi) is 11.6. The highest BCUT2D eigenvalue weighted by Gasteiger charge is 2.02. The van der Waals surface area contributed by atoms with Gasteiger partial charge in [-0.1, -0.05) is 6.58 Å². The first-order valence-electron chi connectivity index (χ1n) is 3.79. The topological polar surface area (TPSA) is 55.7 Å². The number of carbonyl (C=O) groups is 1. The van der Waals surface area contributed by atoms with Crippen LogP contribution in [0.4, 0.5) is 0 Å². The molecule has 0 bridgehead atoms. The predicted molar refractivity (Wildman–Crippen MR) is 53.5 cm³/mol. The molecule has 4 heteroatoms. The zero-order valence-corrected chi connectivity index (χ0v) is 8.21. The van der Waals surface area contributed by atoms with Gasteiger partial charge in [0, 0.05) is 0 Å². The van der Waals surface area contributed by atoms with Gasteiger partial charge in [0.2, 0.25) is 6.08 Å². The lowest BCUT2D eigenvalue weighted by Gasteiger charge is -1.99. The van der Waals surface area contributed by atoms with Gasteiger partial charge in [0.15, 0.2) is 0 Å². The lowest BCUT2D eigenvalue weighted by molar-refractivity contribution is -0.138. The lowest BCUT2D eigenvalue weighted by Crippen LogP contribution is -2.08. The molecule has 0 atom stereocenters. The summed E-state index contributed by atoms with van der Waals surface area (Å²) in [4.78, 5) is 23.6. The van der Waals surface area contributed by atoms with Gasteiger partial charge in [-0.05, 0) is 6.92 Å². The number of isocyanates is 1. The fourth-order valence-electron chi connectivity index (χ4n) is 0.410. The van der Waals surface area contributed by atoms with Crippen molar-refractivity contribution in [3.8, 4) is 0 Å². The van der Waals surface area contributed by atoms with E-state index in [0.29, 0.717) is 5.57 Å². The summed E-state index contributed by atoms with van der Waals surface area (Å²) in [5.74, 6) is -0.494. The van der Waals surface area contributed by atoms with Crippen LogP contribution in [0.1, 0.15) is 6.92 Å². The van der Waals surface area contributed by atoms with Crippen molar-refractivity contribution < 1.29 is 14.3 Å². The van der Waals surface area contributed by atoms with Gasteiger partial charge in [-0.15, -0.1) is 18.9 Å². The molecule has 0 rings (SSSR count). The monoisotopic (exact) mass is 195 g/mol.